The molecule has 0 saturated carbocycles. The van der Waals surface area contributed by atoms with E-state index in [1.54, 1.807) is 0 Å². The number of rotatable bonds is 2. The van der Waals surface area contributed by atoms with Gasteiger partial charge in [0, 0.05) is 38.3 Å². The Balaban J connectivity index is 1.60. The molecule has 0 aliphatic carbocycles. The summed E-state index contributed by atoms with van der Waals surface area (Å²) in [6, 6.07) is 48.1. The van der Waals surface area contributed by atoms with Gasteiger partial charge in [-0.25, -0.2) is 0 Å². The SMILES string of the molecule is c1ccc(-n2c3ccccc3c3c4ccc5c6ccccc6n(-c6ccccc6)c5c4ccc32)cc1. The van der Waals surface area contributed by atoms with Crippen LogP contribution in [0.15, 0.2) is 133 Å². The molecule has 0 spiro atoms. The molecule has 6 aromatic carbocycles. The second-order valence-corrected chi connectivity index (χ2v) is 9.39. The van der Waals surface area contributed by atoms with Gasteiger partial charge >= 0.3 is 0 Å². The number of benzene rings is 6. The van der Waals surface area contributed by atoms with Gasteiger partial charge in [-0.1, -0.05) is 91.0 Å². The van der Waals surface area contributed by atoms with Crippen LogP contribution < -0.4 is 0 Å². The molecule has 2 heteroatoms. The quantitative estimate of drug-likeness (QED) is 0.244. The number of fused-ring (bicyclic) bond motifs is 9. The molecule has 0 saturated heterocycles. The molecule has 0 aliphatic heterocycles. The predicted octanol–water partition coefficient (Wildman–Crippen LogP) is 9.03. The molecule has 0 N–H and O–H groups in total. The first-order chi connectivity index (χ1) is 17.9. The molecule has 36 heavy (non-hydrogen) atoms. The summed E-state index contributed by atoms with van der Waals surface area (Å²) in [4.78, 5) is 0. The van der Waals surface area contributed by atoms with E-state index in [0.717, 1.165) is 0 Å². The van der Waals surface area contributed by atoms with E-state index in [1.807, 2.05) is 0 Å². The zero-order chi connectivity index (χ0) is 23.6. The van der Waals surface area contributed by atoms with Crippen molar-refractivity contribution < 1.29 is 0 Å². The molecule has 0 unspecified atom stereocenters. The van der Waals surface area contributed by atoms with Gasteiger partial charge in [-0.15, -0.1) is 0 Å². The lowest BCUT2D eigenvalue weighted by Gasteiger charge is -2.11. The molecule has 168 valence electrons. The highest BCUT2D eigenvalue weighted by molar-refractivity contribution is 6.27. The van der Waals surface area contributed by atoms with Gasteiger partial charge in [-0.05, 0) is 47.9 Å². The fraction of sp³-hybridized carbons (Fsp3) is 0. The fourth-order valence-corrected chi connectivity index (χ4v) is 6.03. The van der Waals surface area contributed by atoms with Crippen molar-refractivity contribution >= 4 is 54.4 Å². The first kappa shape index (κ1) is 19.5. The molecule has 2 heterocycles. The van der Waals surface area contributed by atoms with E-state index in [1.165, 1.54) is 65.8 Å². The van der Waals surface area contributed by atoms with Crippen molar-refractivity contribution in [2.75, 3.05) is 0 Å². The summed E-state index contributed by atoms with van der Waals surface area (Å²) >= 11 is 0. The molecular weight excluding hydrogens is 436 g/mol. The van der Waals surface area contributed by atoms with Gasteiger partial charge in [0.1, 0.15) is 0 Å². The second kappa shape index (κ2) is 7.34. The summed E-state index contributed by atoms with van der Waals surface area (Å²) in [5.74, 6) is 0. The normalized spacial score (nSPS) is 11.9. The third kappa shape index (κ3) is 2.56. The Morgan fingerprint density at radius 1 is 0.306 bits per heavy atom. The highest BCUT2D eigenvalue weighted by Gasteiger charge is 2.19. The van der Waals surface area contributed by atoms with Crippen molar-refractivity contribution in [1.29, 1.82) is 0 Å². The van der Waals surface area contributed by atoms with Crippen LogP contribution in [-0.2, 0) is 0 Å². The summed E-state index contributed by atoms with van der Waals surface area (Å²) in [7, 11) is 0. The first-order valence-electron chi connectivity index (χ1n) is 12.4. The van der Waals surface area contributed by atoms with Crippen LogP contribution in [0.5, 0.6) is 0 Å². The van der Waals surface area contributed by atoms with Crippen LogP contribution >= 0.6 is 0 Å². The minimum absolute atomic E-state index is 1.18. The Bertz CT molecular complexity index is 2080. The lowest BCUT2D eigenvalue weighted by Crippen LogP contribution is -1.94. The van der Waals surface area contributed by atoms with Crippen molar-refractivity contribution in [2.24, 2.45) is 0 Å². The average Bonchev–Trinajstić information content (AvgIpc) is 3.47. The summed E-state index contributed by atoms with van der Waals surface area (Å²) < 4.78 is 4.82. The molecule has 0 fully saturated rings. The lowest BCUT2D eigenvalue weighted by atomic mass is 10.0. The van der Waals surface area contributed by atoms with Gasteiger partial charge in [0.25, 0.3) is 0 Å². The van der Waals surface area contributed by atoms with Gasteiger partial charge in [0.15, 0.2) is 0 Å². The minimum Gasteiger partial charge on any atom is -0.309 e. The molecule has 0 amide bonds. The molecule has 0 radical (unpaired) electrons. The molecule has 2 aromatic heterocycles. The second-order valence-electron chi connectivity index (χ2n) is 9.39. The maximum atomic E-state index is 2.43. The Morgan fingerprint density at radius 3 is 1.53 bits per heavy atom. The van der Waals surface area contributed by atoms with Gasteiger partial charge in [-0.2, -0.15) is 0 Å². The summed E-state index contributed by atoms with van der Waals surface area (Å²) in [6.07, 6.45) is 0. The zero-order valence-electron chi connectivity index (χ0n) is 19.6. The van der Waals surface area contributed by atoms with Crippen LogP contribution in [0, 0.1) is 0 Å². The Morgan fingerprint density at radius 2 is 0.806 bits per heavy atom. The molecule has 0 bridgehead atoms. The topological polar surface area (TPSA) is 9.86 Å². The van der Waals surface area contributed by atoms with Crippen LogP contribution in [0.3, 0.4) is 0 Å². The fourth-order valence-electron chi connectivity index (χ4n) is 6.03. The molecule has 8 rings (SSSR count). The Hall–Kier alpha value is -4.82. The summed E-state index contributed by atoms with van der Waals surface area (Å²) in [6.45, 7) is 0. The number of aromatic nitrogens is 2. The number of hydrogen-bond acceptors (Lipinski definition) is 0. The van der Waals surface area contributed by atoms with Crippen molar-refractivity contribution in [3.8, 4) is 11.4 Å². The maximum absolute atomic E-state index is 2.43. The van der Waals surface area contributed by atoms with Crippen molar-refractivity contribution in [2.45, 2.75) is 0 Å². The van der Waals surface area contributed by atoms with Crippen LogP contribution in [0.25, 0.3) is 65.8 Å². The molecule has 0 atom stereocenters. The van der Waals surface area contributed by atoms with E-state index in [9.17, 15) is 0 Å². The van der Waals surface area contributed by atoms with Crippen LogP contribution in [0.1, 0.15) is 0 Å². The third-order valence-corrected chi connectivity index (χ3v) is 7.49. The smallest absolute Gasteiger partial charge is 0.0619 e. The summed E-state index contributed by atoms with van der Waals surface area (Å²) in [5.41, 5.74) is 7.33. The molecule has 8 aromatic rings. The van der Waals surface area contributed by atoms with E-state index in [-0.39, 0.29) is 0 Å². The standard InChI is InChI=1S/C34H22N2/c1-3-11-23(12-4-1)35-31-18-10-8-16-29(31)33-26-19-20-27-25-15-7-9-17-30(25)36(24-13-5-2-6-14-24)34(27)28(26)21-22-32(33)35/h1-22H. The predicted molar refractivity (Wildman–Crippen MR) is 153 cm³/mol. The van der Waals surface area contributed by atoms with E-state index in [2.05, 4.69) is 143 Å². The summed E-state index contributed by atoms with van der Waals surface area (Å²) in [5, 5.41) is 7.71. The largest absolute Gasteiger partial charge is 0.309 e. The number of hydrogen-bond donors (Lipinski definition) is 0. The Labute approximate surface area is 208 Å². The van der Waals surface area contributed by atoms with Crippen LogP contribution in [0.2, 0.25) is 0 Å². The van der Waals surface area contributed by atoms with Crippen LogP contribution in [-0.4, -0.2) is 9.13 Å². The van der Waals surface area contributed by atoms with E-state index < -0.39 is 0 Å². The highest BCUT2D eigenvalue weighted by Crippen LogP contribution is 2.42. The number of nitrogens with zero attached hydrogens (tertiary/aromatic N) is 2. The van der Waals surface area contributed by atoms with Gasteiger partial charge < -0.3 is 9.13 Å². The van der Waals surface area contributed by atoms with E-state index in [4.69, 9.17) is 0 Å². The first-order valence-corrected chi connectivity index (χ1v) is 12.4. The van der Waals surface area contributed by atoms with Crippen LogP contribution in [0.4, 0.5) is 0 Å². The molecule has 0 aliphatic rings. The van der Waals surface area contributed by atoms with Gasteiger partial charge in [-0.3, -0.25) is 0 Å². The maximum Gasteiger partial charge on any atom is 0.0619 e. The van der Waals surface area contributed by atoms with Gasteiger partial charge in [0.2, 0.25) is 0 Å². The third-order valence-electron chi connectivity index (χ3n) is 7.49. The van der Waals surface area contributed by atoms with E-state index >= 15 is 0 Å². The average molecular weight is 459 g/mol. The Kier molecular flexibility index (Phi) is 3.97. The minimum atomic E-state index is 1.18. The monoisotopic (exact) mass is 458 g/mol. The lowest BCUT2D eigenvalue weighted by molar-refractivity contribution is 1.18. The van der Waals surface area contributed by atoms with Crippen molar-refractivity contribution in [3.63, 3.8) is 0 Å². The molecular formula is C34H22N2. The van der Waals surface area contributed by atoms with Gasteiger partial charge in [0.05, 0.1) is 22.1 Å². The highest BCUT2D eigenvalue weighted by atomic mass is 15.0. The number of para-hydroxylation sites is 4. The van der Waals surface area contributed by atoms with Crippen molar-refractivity contribution in [1.82, 2.24) is 9.13 Å². The van der Waals surface area contributed by atoms with E-state index in [0.29, 0.717) is 0 Å². The van der Waals surface area contributed by atoms with Crippen molar-refractivity contribution in [3.05, 3.63) is 133 Å². The zero-order valence-corrected chi connectivity index (χ0v) is 19.6. The molecule has 2 nitrogen and oxygen atoms in total.